The van der Waals surface area contributed by atoms with Crippen LogP contribution < -0.4 is 10.6 Å². The van der Waals surface area contributed by atoms with Crippen LogP contribution in [0.2, 0.25) is 0 Å². The fourth-order valence-corrected chi connectivity index (χ4v) is 2.70. The first-order valence-corrected chi connectivity index (χ1v) is 8.97. The fraction of sp³-hybridized carbons (Fsp3) is 0.182. The van der Waals surface area contributed by atoms with Gasteiger partial charge in [-0.2, -0.15) is 0 Å². The number of hydrogen-bond acceptors (Lipinski definition) is 3. The van der Waals surface area contributed by atoms with E-state index in [2.05, 4.69) is 27.8 Å². The second kappa shape index (κ2) is 9.48. The number of amides is 1. The van der Waals surface area contributed by atoms with Crippen LogP contribution in [0.4, 0.5) is 10.2 Å². The Kier molecular flexibility index (Phi) is 6.52. The molecule has 0 radical (unpaired) electrons. The molecule has 2 N–H and O–H groups in total. The molecule has 0 saturated carbocycles. The Bertz CT molecular complexity index is 866. The van der Waals surface area contributed by atoms with Crippen molar-refractivity contribution in [3.8, 4) is 0 Å². The minimum Gasteiger partial charge on any atom is -0.366 e. The van der Waals surface area contributed by atoms with E-state index in [0.717, 1.165) is 18.4 Å². The maximum absolute atomic E-state index is 12.9. The van der Waals surface area contributed by atoms with Gasteiger partial charge in [0.1, 0.15) is 11.6 Å². The molecule has 0 fully saturated rings. The van der Waals surface area contributed by atoms with Gasteiger partial charge in [0.15, 0.2) is 0 Å². The lowest BCUT2D eigenvalue weighted by Gasteiger charge is -2.09. The molecule has 0 bridgehead atoms. The zero-order valence-corrected chi connectivity index (χ0v) is 15.0. The van der Waals surface area contributed by atoms with E-state index in [0.29, 0.717) is 24.5 Å². The van der Waals surface area contributed by atoms with Crippen LogP contribution in [-0.4, -0.2) is 17.4 Å². The van der Waals surface area contributed by atoms with E-state index in [9.17, 15) is 9.18 Å². The molecule has 0 aliphatic rings. The summed E-state index contributed by atoms with van der Waals surface area (Å²) in [5, 5.41) is 6.09. The van der Waals surface area contributed by atoms with Gasteiger partial charge >= 0.3 is 0 Å². The topological polar surface area (TPSA) is 54.0 Å². The molecule has 1 amide bonds. The average Bonchev–Trinajstić information content (AvgIpc) is 2.71. The van der Waals surface area contributed by atoms with Crippen molar-refractivity contribution in [2.24, 2.45) is 0 Å². The maximum atomic E-state index is 12.9. The lowest BCUT2D eigenvalue weighted by atomic mass is 10.1. The minimum atomic E-state index is -0.261. The zero-order valence-electron chi connectivity index (χ0n) is 15.0. The third kappa shape index (κ3) is 5.92. The molecule has 0 unspecified atom stereocenters. The van der Waals surface area contributed by atoms with Gasteiger partial charge < -0.3 is 10.6 Å². The van der Waals surface area contributed by atoms with Gasteiger partial charge in [-0.1, -0.05) is 42.5 Å². The summed E-state index contributed by atoms with van der Waals surface area (Å²) in [4.78, 5) is 16.5. The van der Waals surface area contributed by atoms with Crippen molar-refractivity contribution < 1.29 is 9.18 Å². The first kappa shape index (κ1) is 18.6. The standard InChI is InChI=1S/C22H22FN3O/c23-20-10-8-18(9-11-20)16-26-21-15-19(12-14-24-21)22(27)25-13-4-7-17-5-2-1-3-6-17/h1-3,5-6,8-12,14-15H,4,7,13,16H2,(H,24,26)(H,25,27). The molecule has 0 saturated heterocycles. The van der Waals surface area contributed by atoms with E-state index in [4.69, 9.17) is 0 Å². The van der Waals surface area contributed by atoms with Crippen LogP contribution in [0, 0.1) is 5.82 Å². The van der Waals surface area contributed by atoms with Gasteiger partial charge in [0.05, 0.1) is 0 Å². The Morgan fingerprint density at radius 3 is 2.52 bits per heavy atom. The molecule has 0 aliphatic heterocycles. The largest absolute Gasteiger partial charge is 0.366 e. The van der Waals surface area contributed by atoms with Crippen LogP contribution >= 0.6 is 0 Å². The lowest BCUT2D eigenvalue weighted by Crippen LogP contribution is -2.25. The molecule has 3 aromatic rings. The van der Waals surface area contributed by atoms with Gasteiger partial charge in [0, 0.05) is 24.8 Å². The highest BCUT2D eigenvalue weighted by atomic mass is 19.1. The van der Waals surface area contributed by atoms with Crippen molar-refractivity contribution in [3.63, 3.8) is 0 Å². The first-order valence-electron chi connectivity index (χ1n) is 8.97. The van der Waals surface area contributed by atoms with E-state index in [1.54, 1.807) is 30.5 Å². The molecule has 2 aromatic carbocycles. The van der Waals surface area contributed by atoms with Gasteiger partial charge in [-0.05, 0) is 48.2 Å². The number of benzene rings is 2. The number of carbonyl (C=O) groups excluding carboxylic acids is 1. The molecule has 0 aliphatic carbocycles. The summed E-state index contributed by atoms with van der Waals surface area (Å²) in [6, 6.07) is 19.9. The number of hydrogen-bond donors (Lipinski definition) is 2. The van der Waals surface area contributed by atoms with Crippen LogP contribution in [0.5, 0.6) is 0 Å². The molecule has 138 valence electrons. The number of aryl methyl sites for hydroxylation is 1. The van der Waals surface area contributed by atoms with Gasteiger partial charge in [0.2, 0.25) is 0 Å². The van der Waals surface area contributed by atoms with Crippen LogP contribution in [-0.2, 0) is 13.0 Å². The van der Waals surface area contributed by atoms with Crippen molar-refractivity contribution >= 4 is 11.7 Å². The number of carbonyl (C=O) groups is 1. The predicted molar refractivity (Wildman–Crippen MR) is 105 cm³/mol. The highest BCUT2D eigenvalue weighted by molar-refractivity contribution is 5.94. The summed E-state index contributed by atoms with van der Waals surface area (Å²) in [6.45, 7) is 1.13. The minimum absolute atomic E-state index is 0.115. The van der Waals surface area contributed by atoms with Crippen molar-refractivity contribution in [1.82, 2.24) is 10.3 Å². The number of rotatable bonds is 8. The van der Waals surface area contributed by atoms with E-state index in [1.807, 2.05) is 18.2 Å². The van der Waals surface area contributed by atoms with Crippen molar-refractivity contribution in [1.29, 1.82) is 0 Å². The molecule has 4 nitrogen and oxygen atoms in total. The number of aromatic nitrogens is 1. The lowest BCUT2D eigenvalue weighted by molar-refractivity contribution is 0.0953. The van der Waals surface area contributed by atoms with Crippen molar-refractivity contribution in [3.05, 3.63) is 95.4 Å². The summed E-state index contributed by atoms with van der Waals surface area (Å²) in [7, 11) is 0. The van der Waals surface area contributed by atoms with E-state index in [1.165, 1.54) is 17.7 Å². The maximum Gasteiger partial charge on any atom is 0.251 e. The van der Waals surface area contributed by atoms with Gasteiger partial charge in [-0.15, -0.1) is 0 Å². The van der Waals surface area contributed by atoms with Crippen LogP contribution in [0.25, 0.3) is 0 Å². The molecule has 0 spiro atoms. The highest BCUT2D eigenvalue weighted by Crippen LogP contribution is 2.10. The Balaban J connectivity index is 1.47. The van der Waals surface area contributed by atoms with E-state index < -0.39 is 0 Å². The molecule has 5 heteroatoms. The first-order chi connectivity index (χ1) is 13.2. The van der Waals surface area contributed by atoms with Crippen molar-refractivity contribution in [2.45, 2.75) is 19.4 Å². The normalized spacial score (nSPS) is 10.4. The Hall–Kier alpha value is -3.21. The molecular weight excluding hydrogens is 341 g/mol. The summed E-state index contributed by atoms with van der Waals surface area (Å²) in [6.07, 6.45) is 3.42. The Morgan fingerprint density at radius 2 is 1.74 bits per heavy atom. The quantitative estimate of drug-likeness (QED) is 0.590. The van der Waals surface area contributed by atoms with Crippen LogP contribution in [0.3, 0.4) is 0 Å². The van der Waals surface area contributed by atoms with Gasteiger partial charge in [-0.3, -0.25) is 4.79 Å². The number of halogens is 1. The smallest absolute Gasteiger partial charge is 0.251 e. The summed E-state index contributed by atoms with van der Waals surface area (Å²) >= 11 is 0. The second-order valence-electron chi connectivity index (χ2n) is 6.25. The third-order valence-electron chi connectivity index (χ3n) is 4.18. The molecular formula is C22H22FN3O. The Morgan fingerprint density at radius 1 is 0.963 bits per heavy atom. The summed E-state index contributed by atoms with van der Waals surface area (Å²) < 4.78 is 12.9. The van der Waals surface area contributed by atoms with E-state index >= 15 is 0 Å². The summed E-state index contributed by atoms with van der Waals surface area (Å²) in [5.74, 6) is 0.231. The fourth-order valence-electron chi connectivity index (χ4n) is 2.70. The molecule has 0 atom stereocenters. The SMILES string of the molecule is O=C(NCCCc1ccccc1)c1ccnc(NCc2ccc(F)cc2)c1. The molecule has 27 heavy (non-hydrogen) atoms. The Labute approximate surface area is 158 Å². The molecule has 3 rings (SSSR count). The van der Waals surface area contributed by atoms with Gasteiger partial charge in [0.25, 0.3) is 5.91 Å². The predicted octanol–water partition coefficient (Wildman–Crippen LogP) is 4.20. The van der Waals surface area contributed by atoms with Crippen LogP contribution in [0.1, 0.15) is 27.9 Å². The second-order valence-corrected chi connectivity index (χ2v) is 6.25. The number of pyridine rings is 1. The van der Waals surface area contributed by atoms with E-state index in [-0.39, 0.29) is 11.7 Å². The molecule has 1 heterocycles. The number of nitrogens with one attached hydrogen (secondary N) is 2. The zero-order chi connectivity index (χ0) is 18.9. The average molecular weight is 363 g/mol. The van der Waals surface area contributed by atoms with Crippen LogP contribution in [0.15, 0.2) is 72.9 Å². The highest BCUT2D eigenvalue weighted by Gasteiger charge is 2.06. The molecule has 1 aromatic heterocycles. The van der Waals surface area contributed by atoms with Crippen molar-refractivity contribution in [2.75, 3.05) is 11.9 Å². The third-order valence-corrected chi connectivity index (χ3v) is 4.18. The van der Waals surface area contributed by atoms with Gasteiger partial charge in [-0.25, -0.2) is 9.37 Å². The number of anilines is 1. The monoisotopic (exact) mass is 363 g/mol. The number of nitrogens with zero attached hydrogens (tertiary/aromatic N) is 1. The summed E-state index contributed by atoms with van der Waals surface area (Å²) in [5.41, 5.74) is 2.77.